The highest BCUT2D eigenvalue weighted by atomic mass is 79.9. The van der Waals surface area contributed by atoms with Crippen LogP contribution in [0.3, 0.4) is 0 Å². The first-order valence-electron chi connectivity index (χ1n) is 7.28. The molecule has 0 spiro atoms. The van der Waals surface area contributed by atoms with E-state index in [-0.39, 0.29) is 10.6 Å². The van der Waals surface area contributed by atoms with Gasteiger partial charge in [-0.05, 0) is 29.8 Å². The predicted molar refractivity (Wildman–Crippen MR) is 103 cm³/mol. The summed E-state index contributed by atoms with van der Waals surface area (Å²) in [5, 5.41) is 16.5. The van der Waals surface area contributed by atoms with Crippen molar-refractivity contribution in [1.82, 2.24) is 0 Å². The van der Waals surface area contributed by atoms with Crippen molar-refractivity contribution in [3.63, 3.8) is 0 Å². The van der Waals surface area contributed by atoms with E-state index in [9.17, 15) is 14.7 Å². The van der Waals surface area contributed by atoms with E-state index in [4.69, 9.17) is 0 Å². The summed E-state index contributed by atoms with van der Waals surface area (Å²) in [6, 6.07) is 15.9. The largest absolute Gasteiger partial charge is 0.477 e. The van der Waals surface area contributed by atoms with Crippen molar-refractivity contribution in [2.75, 3.05) is 10.6 Å². The van der Waals surface area contributed by atoms with Gasteiger partial charge in [-0.25, -0.2) is 9.59 Å². The lowest BCUT2D eigenvalue weighted by atomic mass is 10.1. The lowest BCUT2D eigenvalue weighted by Gasteiger charge is -2.10. The molecule has 3 N–H and O–H groups in total. The van der Waals surface area contributed by atoms with Crippen LogP contribution in [-0.4, -0.2) is 17.1 Å². The molecule has 2 amide bonds. The normalized spacial score (nSPS) is 10.3. The van der Waals surface area contributed by atoms with Crippen molar-refractivity contribution in [3.8, 4) is 11.1 Å². The number of benzene rings is 2. The number of thiophene rings is 1. The van der Waals surface area contributed by atoms with E-state index in [2.05, 4.69) is 26.6 Å². The summed E-state index contributed by atoms with van der Waals surface area (Å²) in [6.07, 6.45) is 0. The molecule has 0 aliphatic carbocycles. The van der Waals surface area contributed by atoms with Gasteiger partial charge in [0.25, 0.3) is 0 Å². The number of halogens is 1. The average Bonchev–Trinajstić information content (AvgIpc) is 3.00. The molecular formula is C18H13BrN2O3S. The van der Waals surface area contributed by atoms with Crippen LogP contribution in [0.15, 0.2) is 64.5 Å². The molecule has 0 bridgehead atoms. The highest BCUT2D eigenvalue weighted by molar-refractivity contribution is 9.10. The zero-order chi connectivity index (χ0) is 17.8. The molecule has 7 heteroatoms. The highest BCUT2D eigenvalue weighted by Crippen LogP contribution is 2.37. The molecule has 0 atom stereocenters. The number of aromatic carboxylic acids is 1. The Morgan fingerprint density at radius 1 is 0.960 bits per heavy atom. The monoisotopic (exact) mass is 416 g/mol. The maximum Gasteiger partial charge on any atom is 0.348 e. The maximum absolute atomic E-state index is 12.3. The Bertz CT molecular complexity index is 908. The molecule has 3 aromatic rings. The molecular weight excluding hydrogens is 404 g/mol. The van der Waals surface area contributed by atoms with Gasteiger partial charge in [0.1, 0.15) is 4.88 Å². The van der Waals surface area contributed by atoms with E-state index < -0.39 is 12.0 Å². The maximum atomic E-state index is 12.3. The third kappa shape index (κ3) is 4.07. The van der Waals surface area contributed by atoms with Crippen LogP contribution in [0, 0.1) is 0 Å². The third-order valence-corrected chi connectivity index (χ3v) is 4.91. The van der Waals surface area contributed by atoms with E-state index in [0.717, 1.165) is 21.4 Å². The van der Waals surface area contributed by atoms with Crippen LogP contribution >= 0.6 is 27.3 Å². The van der Waals surface area contributed by atoms with Crippen molar-refractivity contribution in [2.24, 2.45) is 0 Å². The molecule has 1 heterocycles. The van der Waals surface area contributed by atoms with Gasteiger partial charge in [0.15, 0.2) is 0 Å². The topological polar surface area (TPSA) is 78.4 Å². The number of carboxylic acids is 1. The number of anilines is 2. The summed E-state index contributed by atoms with van der Waals surface area (Å²) in [4.78, 5) is 23.9. The minimum Gasteiger partial charge on any atom is -0.477 e. The second kappa shape index (κ2) is 7.50. The molecule has 0 saturated carbocycles. The molecule has 0 aliphatic heterocycles. The second-order valence-corrected chi connectivity index (χ2v) is 6.91. The van der Waals surface area contributed by atoms with Gasteiger partial charge in [-0.15, -0.1) is 11.3 Å². The molecule has 25 heavy (non-hydrogen) atoms. The number of amides is 2. The summed E-state index contributed by atoms with van der Waals surface area (Å²) < 4.78 is 0.918. The third-order valence-electron chi connectivity index (χ3n) is 3.41. The molecule has 0 aliphatic rings. The summed E-state index contributed by atoms with van der Waals surface area (Å²) in [5.41, 5.74) is 2.39. The first-order valence-corrected chi connectivity index (χ1v) is 8.95. The Morgan fingerprint density at radius 2 is 1.64 bits per heavy atom. The molecule has 0 radical (unpaired) electrons. The SMILES string of the molecule is O=C(Nc1ccccc1)Nc1c(-c2ccc(Br)cc2)csc1C(=O)O. The number of rotatable bonds is 4. The van der Waals surface area contributed by atoms with E-state index >= 15 is 0 Å². The van der Waals surface area contributed by atoms with Gasteiger partial charge in [-0.3, -0.25) is 0 Å². The molecule has 1 aromatic heterocycles. The van der Waals surface area contributed by atoms with Crippen molar-refractivity contribution < 1.29 is 14.7 Å². The van der Waals surface area contributed by atoms with Crippen molar-refractivity contribution in [3.05, 3.63) is 69.3 Å². The second-order valence-electron chi connectivity index (χ2n) is 5.11. The number of hydrogen-bond donors (Lipinski definition) is 3. The van der Waals surface area contributed by atoms with Gasteiger partial charge in [0, 0.05) is 21.1 Å². The number of carboxylic acid groups (broad SMARTS) is 1. The van der Waals surface area contributed by atoms with Crippen LogP contribution < -0.4 is 10.6 Å². The number of hydrogen-bond acceptors (Lipinski definition) is 3. The van der Waals surface area contributed by atoms with Gasteiger partial charge in [0.2, 0.25) is 0 Å². The lowest BCUT2D eigenvalue weighted by molar-refractivity contribution is 0.0703. The van der Waals surface area contributed by atoms with E-state index in [1.165, 1.54) is 0 Å². The standard InChI is InChI=1S/C18H13BrN2O3S/c19-12-8-6-11(7-9-12)14-10-25-16(17(22)23)15(14)21-18(24)20-13-4-2-1-3-5-13/h1-10H,(H,22,23)(H2,20,21,24). The zero-order valence-corrected chi connectivity index (χ0v) is 15.2. The van der Waals surface area contributed by atoms with Crippen molar-refractivity contribution in [1.29, 1.82) is 0 Å². The zero-order valence-electron chi connectivity index (χ0n) is 12.8. The highest BCUT2D eigenvalue weighted by Gasteiger charge is 2.20. The van der Waals surface area contributed by atoms with Crippen LogP contribution in [-0.2, 0) is 0 Å². The molecule has 0 unspecified atom stereocenters. The average molecular weight is 417 g/mol. The van der Waals surface area contributed by atoms with Crippen LogP contribution in [0.25, 0.3) is 11.1 Å². The predicted octanol–water partition coefficient (Wildman–Crippen LogP) is 5.52. The summed E-state index contributed by atoms with van der Waals surface area (Å²) in [6.45, 7) is 0. The number of urea groups is 1. The number of nitrogens with one attached hydrogen (secondary N) is 2. The van der Waals surface area contributed by atoms with Crippen LogP contribution in [0.5, 0.6) is 0 Å². The molecule has 126 valence electrons. The van der Waals surface area contributed by atoms with Gasteiger partial charge < -0.3 is 15.7 Å². The fourth-order valence-corrected chi connectivity index (χ4v) is 3.41. The fourth-order valence-electron chi connectivity index (χ4n) is 2.28. The van der Waals surface area contributed by atoms with Gasteiger partial charge >= 0.3 is 12.0 Å². The number of carbonyl (C=O) groups is 2. The first kappa shape index (κ1) is 17.2. The van der Waals surface area contributed by atoms with Gasteiger partial charge in [0.05, 0.1) is 5.69 Å². The smallest absolute Gasteiger partial charge is 0.348 e. The Labute approximate surface area is 156 Å². The number of para-hydroxylation sites is 1. The van der Waals surface area contributed by atoms with Crippen LogP contribution in [0.2, 0.25) is 0 Å². The first-order chi connectivity index (χ1) is 12.0. The summed E-state index contributed by atoms with van der Waals surface area (Å²) >= 11 is 4.45. The Kier molecular flexibility index (Phi) is 5.16. The van der Waals surface area contributed by atoms with Gasteiger partial charge in [-0.1, -0.05) is 46.3 Å². The van der Waals surface area contributed by atoms with E-state index in [1.54, 1.807) is 29.6 Å². The molecule has 5 nitrogen and oxygen atoms in total. The van der Waals surface area contributed by atoms with Crippen molar-refractivity contribution in [2.45, 2.75) is 0 Å². The van der Waals surface area contributed by atoms with Crippen molar-refractivity contribution >= 4 is 50.6 Å². The Hall–Kier alpha value is -2.64. The molecule has 0 fully saturated rings. The molecule has 3 rings (SSSR count). The van der Waals surface area contributed by atoms with Crippen LogP contribution in [0.4, 0.5) is 16.2 Å². The molecule has 0 saturated heterocycles. The fraction of sp³-hybridized carbons (Fsp3) is 0. The van der Waals surface area contributed by atoms with Crippen LogP contribution in [0.1, 0.15) is 9.67 Å². The molecule has 2 aromatic carbocycles. The minimum absolute atomic E-state index is 0.0844. The summed E-state index contributed by atoms with van der Waals surface area (Å²) in [7, 11) is 0. The van der Waals surface area contributed by atoms with E-state index in [1.807, 2.05) is 30.3 Å². The Morgan fingerprint density at radius 3 is 2.28 bits per heavy atom. The minimum atomic E-state index is -1.08. The lowest BCUT2D eigenvalue weighted by Crippen LogP contribution is -2.20. The van der Waals surface area contributed by atoms with Gasteiger partial charge in [-0.2, -0.15) is 0 Å². The summed E-state index contributed by atoms with van der Waals surface area (Å²) in [5.74, 6) is -1.08. The Balaban J connectivity index is 1.90. The number of carbonyl (C=O) groups excluding carboxylic acids is 1. The van der Waals surface area contributed by atoms with E-state index in [0.29, 0.717) is 11.3 Å². The quantitative estimate of drug-likeness (QED) is 0.523.